The molecule has 5 nitrogen and oxygen atoms in total. The summed E-state index contributed by atoms with van der Waals surface area (Å²) in [7, 11) is 1.94. The van der Waals surface area contributed by atoms with Gasteiger partial charge in [-0.1, -0.05) is 0 Å². The Labute approximate surface area is 103 Å². The number of rotatable bonds is 5. The van der Waals surface area contributed by atoms with Gasteiger partial charge in [-0.2, -0.15) is 0 Å². The molecule has 1 saturated carbocycles. The Morgan fingerprint density at radius 3 is 2.29 bits per heavy atom. The Morgan fingerprint density at radius 2 is 1.82 bits per heavy atom. The monoisotopic (exact) mass is 241 g/mol. The molecule has 1 fully saturated rings. The van der Waals surface area contributed by atoms with Crippen molar-refractivity contribution in [1.29, 1.82) is 0 Å². The minimum Gasteiger partial charge on any atom is -0.350 e. The lowest BCUT2D eigenvalue weighted by atomic mass is 10.1. The topological polar surface area (TPSA) is 61.4 Å². The van der Waals surface area contributed by atoms with Gasteiger partial charge >= 0.3 is 0 Å². The quantitative estimate of drug-likeness (QED) is 0.718. The van der Waals surface area contributed by atoms with E-state index < -0.39 is 0 Å². The van der Waals surface area contributed by atoms with E-state index in [2.05, 4.69) is 10.6 Å². The van der Waals surface area contributed by atoms with Crippen molar-refractivity contribution in [3.05, 3.63) is 0 Å². The minimum absolute atomic E-state index is 0.0502. The molecule has 0 aromatic rings. The minimum atomic E-state index is -0.257. The highest BCUT2D eigenvalue weighted by Gasteiger charge is 2.27. The van der Waals surface area contributed by atoms with E-state index in [1.54, 1.807) is 0 Å². The van der Waals surface area contributed by atoms with E-state index in [1.165, 1.54) is 12.8 Å². The van der Waals surface area contributed by atoms with Gasteiger partial charge in [0.25, 0.3) is 0 Å². The van der Waals surface area contributed by atoms with Gasteiger partial charge in [-0.25, -0.2) is 0 Å². The lowest BCUT2D eigenvalue weighted by molar-refractivity contribution is -0.127. The Morgan fingerprint density at radius 1 is 1.24 bits per heavy atom. The van der Waals surface area contributed by atoms with Crippen LogP contribution >= 0.6 is 0 Å². The number of hydrogen-bond acceptors (Lipinski definition) is 3. The first-order valence-corrected chi connectivity index (χ1v) is 6.06. The molecule has 0 bridgehead atoms. The zero-order valence-electron chi connectivity index (χ0n) is 11.2. The third kappa shape index (κ3) is 6.26. The maximum absolute atomic E-state index is 11.5. The molecule has 0 aromatic heterocycles. The van der Waals surface area contributed by atoms with Gasteiger partial charge in [0, 0.05) is 11.6 Å². The first kappa shape index (κ1) is 14.0. The highest BCUT2D eigenvalue weighted by Crippen LogP contribution is 2.24. The maximum Gasteiger partial charge on any atom is 0.239 e. The van der Waals surface area contributed by atoms with E-state index in [0.717, 1.165) is 0 Å². The van der Waals surface area contributed by atoms with Crippen LogP contribution < -0.4 is 10.6 Å². The molecule has 0 atom stereocenters. The van der Waals surface area contributed by atoms with E-state index >= 15 is 0 Å². The van der Waals surface area contributed by atoms with Gasteiger partial charge in [0.2, 0.25) is 11.8 Å². The Bertz CT molecular complexity index is 293. The van der Waals surface area contributed by atoms with Crippen LogP contribution in [0, 0.1) is 0 Å². The van der Waals surface area contributed by atoms with Crippen LogP contribution in [0.5, 0.6) is 0 Å². The van der Waals surface area contributed by atoms with E-state index in [9.17, 15) is 9.59 Å². The Kier molecular flexibility index (Phi) is 4.51. The van der Waals surface area contributed by atoms with E-state index in [-0.39, 0.29) is 23.9 Å². The fourth-order valence-corrected chi connectivity index (χ4v) is 1.57. The molecule has 0 spiro atoms. The van der Waals surface area contributed by atoms with Crippen molar-refractivity contribution < 1.29 is 9.59 Å². The van der Waals surface area contributed by atoms with Gasteiger partial charge in [0.1, 0.15) is 0 Å². The van der Waals surface area contributed by atoms with Gasteiger partial charge in [-0.3, -0.25) is 14.5 Å². The summed E-state index contributed by atoms with van der Waals surface area (Å²) < 4.78 is 0. The standard InChI is InChI=1S/C12H23N3O2/c1-12(2,3)14-10(16)7-13-11(17)8-15(4)9-5-6-9/h9H,5-8H2,1-4H3,(H,13,17)(H,14,16). The van der Waals surface area contributed by atoms with Crippen LogP contribution in [0.15, 0.2) is 0 Å². The van der Waals surface area contributed by atoms with Gasteiger partial charge in [-0.05, 0) is 40.7 Å². The third-order valence-electron chi connectivity index (χ3n) is 2.52. The molecule has 2 amide bonds. The molecule has 0 saturated heterocycles. The molecule has 5 heteroatoms. The molecule has 1 aliphatic carbocycles. The van der Waals surface area contributed by atoms with Crippen LogP contribution in [0.25, 0.3) is 0 Å². The molecule has 1 aliphatic rings. The highest BCUT2D eigenvalue weighted by atomic mass is 16.2. The van der Waals surface area contributed by atoms with Crippen molar-refractivity contribution in [1.82, 2.24) is 15.5 Å². The summed E-state index contributed by atoms with van der Waals surface area (Å²) in [6.07, 6.45) is 2.35. The molecule has 0 aliphatic heterocycles. The summed E-state index contributed by atoms with van der Waals surface area (Å²) >= 11 is 0. The molecule has 2 N–H and O–H groups in total. The summed E-state index contributed by atoms with van der Waals surface area (Å²) in [5.74, 6) is -0.247. The number of likely N-dealkylation sites (N-methyl/N-ethyl adjacent to an activating group) is 1. The SMILES string of the molecule is CN(CC(=O)NCC(=O)NC(C)(C)C)C1CC1. The van der Waals surface area contributed by atoms with Crippen molar-refractivity contribution in [2.24, 2.45) is 0 Å². The van der Waals surface area contributed by atoms with Crippen molar-refractivity contribution in [3.63, 3.8) is 0 Å². The van der Waals surface area contributed by atoms with Crippen LogP contribution in [-0.4, -0.2) is 48.4 Å². The third-order valence-corrected chi connectivity index (χ3v) is 2.52. The van der Waals surface area contributed by atoms with E-state index in [0.29, 0.717) is 12.6 Å². The predicted octanol–water partition coefficient (Wildman–Crippen LogP) is 0.112. The summed E-state index contributed by atoms with van der Waals surface area (Å²) in [6, 6.07) is 0.559. The molecule has 0 heterocycles. The van der Waals surface area contributed by atoms with E-state index in [4.69, 9.17) is 0 Å². The van der Waals surface area contributed by atoms with Crippen molar-refractivity contribution >= 4 is 11.8 Å². The second kappa shape index (κ2) is 5.49. The highest BCUT2D eigenvalue weighted by molar-refractivity contribution is 5.85. The zero-order chi connectivity index (χ0) is 13.1. The molecule has 98 valence electrons. The van der Waals surface area contributed by atoms with Crippen LogP contribution in [0.3, 0.4) is 0 Å². The average molecular weight is 241 g/mol. The molecular formula is C12H23N3O2. The number of nitrogens with one attached hydrogen (secondary N) is 2. The van der Waals surface area contributed by atoms with Crippen LogP contribution in [0.4, 0.5) is 0 Å². The molecule has 0 radical (unpaired) electrons. The molecular weight excluding hydrogens is 218 g/mol. The molecule has 1 rings (SSSR count). The maximum atomic E-state index is 11.5. The summed E-state index contributed by atoms with van der Waals surface area (Å²) in [4.78, 5) is 25.0. The average Bonchev–Trinajstić information content (AvgIpc) is 2.94. The number of nitrogens with zero attached hydrogens (tertiary/aromatic N) is 1. The van der Waals surface area contributed by atoms with Crippen molar-refractivity contribution in [2.75, 3.05) is 20.1 Å². The second-order valence-electron chi connectivity index (χ2n) is 5.72. The molecule has 0 aromatic carbocycles. The number of carbonyl (C=O) groups is 2. The van der Waals surface area contributed by atoms with Gasteiger partial charge < -0.3 is 10.6 Å². The van der Waals surface area contributed by atoms with Gasteiger partial charge in [-0.15, -0.1) is 0 Å². The summed E-state index contributed by atoms with van der Waals surface area (Å²) in [5.41, 5.74) is -0.257. The molecule has 0 unspecified atom stereocenters. The number of carbonyl (C=O) groups excluding carboxylic acids is 2. The Hall–Kier alpha value is -1.10. The van der Waals surface area contributed by atoms with Crippen LogP contribution in [-0.2, 0) is 9.59 Å². The van der Waals surface area contributed by atoms with Crippen LogP contribution in [0.1, 0.15) is 33.6 Å². The van der Waals surface area contributed by atoms with E-state index in [1.807, 2.05) is 32.7 Å². The summed E-state index contributed by atoms with van der Waals surface area (Å²) in [5, 5.41) is 5.42. The van der Waals surface area contributed by atoms with Crippen molar-refractivity contribution in [2.45, 2.75) is 45.2 Å². The van der Waals surface area contributed by atoms with Gasteiger partial charge in [0.05, 0.1) is 13.1 Å². The van der Waals surface area contributed by atoms with Gasteiger partial charge in [0.15, 0.2) is 0 Å². The second-order valence-corrected chi connectivity index (χ2v) is 5.72. The largest absolute Gasteiger partial charge is 0.350 e. The normalized spacial score (nSPS) is 15.8. The Balaban J connectivity index is 2.16. The lowest BCUT2D eigenvalue weighted by Gasteiger charge is -2.21. The predicted molar refractivity (Wildman–Crippen MR) is 66.6 cm³/mol. The smallest absolute Gasteiger partial charge is 0.239 e. The van der Waals surface area contributed by atoms with Crippen molar-refractivity contribution in [3.8, 4) is 0 Å². The lowest BCUT2D eigenvalue weighted by Crippen LogP contribution is -2.47. The fourth-order valence-electron chi connectivity index (χ4n) is 1.57. The fraction of sp³-hybridized carbons (Fsp3) is 0.833. The van der Waals surface area contributed by atoms with Crippen LogP contribution in [0.2, 0.25) is 0 Å². The molecule has 17 heavy (non-hydrogen) atoms. The first-order chi connectivity index (χ1) is 7.78. The number of hydrogen-bond donors (Lipinski definition) is 2. The first-order valence-electron chi connectivity index (χ1n) is 6.06. The summed E-state index contributed by atoms with van der Waals surface area (Å²) in [6.45, 7) is 6.15. The number of amides is 2. The zero-order valence-corrected chi connectivity index (χ0v) is 11.2.